The first-order chi connectivity index (χ1) is 4.39. The molecule has 0 fully saturated rings. The van der Waals surface area contributed by atoms with Crippen molar-refractivity contribution in [1.82, 2.24) is 0 Å². The van der Waals surface area contributed by atoms with Crippen LogP contribution in [0.3, 0.4) is 0 Å². The second-order valence-electron chi connectivity index (χ2n) is 1.49. The molecule has 1 aromatic rings. The summed E-state index contributed by atoms with van der Waals surface area (Å²) in [5.74, 6) is 0. The second kappa shape index (κ2) is 9.24. The lowest BCUT2D eigenvalue weighted by Gasteiger charge is -1.65. The normalized spacial score (nSPS) is 6.70. The summed E-state index contributed by atoms with van der Waals surface area (Å²) in [4.78, 5) is 0. The zero-order valence-corrected chi connectivity index (χ0v) is 8.18. The van der Waals surface area contributed by atoms with E-state index >= 15 is 0 Å². The van der Waals surface area contributed by atoms with Crippen LogP contribution in [0.2, 0.25) is 0 Å². The molecule has 1 aromatic carbocycles. The minimum Gasteiger partial charge on any atom is -0.400 e. The molecule has 51 valence electrons. The van der Waals surface area contributed by atoms with E-state index in [0.717, 1.165) is 7.11 Å². The highest BCUT2D eigenvalue weighted by molar-refractivity contribution is 6.32. The van der Waals surface area contributed by atoms with Crippen LogP contribution in [-0.4, -0.2) is 33.9 Å². The van der Waals surface area contributed by atoms with Gasteiger partial charge < -0.3 is 5.11 Å². The minimum absolute atomic E-state index is 0. The van der Waals surface area contributed by atoms with Gasteiger partial charge in [0.2, 0.25) is 0 Å². The largest absolute Gasteiger partial charge is 1.47 e. The van der Waals surface area contributed by atoms with E-state index in [1.165, 1.54) is 3.69 Å². The third-order valence-electron chi connectivity index (χ3n) is 0.843. The Labute approximate surface area is 80.3 Å². The van der Waals surface area contributed by atoms with Crippen molar-refractivity contribution in [1.29, 1.82) is 0 Å². The number of halogens is 1. The lowest BCUT2D eigenvalue weighted by atomic mass is 10.4. The maximum absolute atomic E-state index is 7.00. The summed E-state index contributed by atoms with van der Waals surface area (Å²) in [6.07, 6.45) is 0. The molecular weight excluding hydrogens is 160 g/mol. The van der Waals surface area contributed by atoms with Gasteiger partial charge in [-0.3, -0.25) is 0 Å². The molecule has 3 heteroatoms. The van der Waals surface area contributed by atoms with Crippen molar-refractivity contribution in [2.24, 2.45) is 0 Å². The molecule has 0 aromatic heterocycles. The fourth-order valence-corrected chi connectivity index (χ4v) is 0.750. The van der Waals surface area contributed by atoms with Gasteiger partial charge in [-0.05, 0) is 0 Å². The topological polar surface area (TPSA) is 20.2 Å². The number of rotatable bonds is 0. The number of aliphatic hydroxyl groups is 1. The van der Waals surface area contributed by atoms with Crippen molar-refractivity contribution < 1.29 is 5.11 Å². The zero-order valence-electron chi connectivity index (χ0n) is 5.95. The Morgan fingerprint density at radius 2 is 1.50 bits per heavy atom. The van der Waals surface area contributed by atoms with E-state index in [1.807, 2.05) is 39.9 Å². The van der Waals surface area contributed by atoms with Gasteiger partial charge in [-0.2, -0.15) is 0 Å². The van der Waals surface area contributed by atoms with Crippen LogP contribution in [0.1, 0.15) is 0 Å². The Bertz CT molecular complexity index is 144. The molecule has 0 saturated heterocycles. The first kappa shape index (κ1) is 12.9. The molecule has 7 radical (unpaired) electrons. The Hall–Kier alpha value is 0.236. The highest BCUT2D eigenvalue weighted by atomic mass is 35.5. The first-order valence-corrected chi connectivity index (χ1v) is 3.42. The molecule has 0 aliphatic heterocycles. The molecule has 1 rings (SSSR count). The standard InChI is InChI=1S/C6H5.CH4O.ClH.Mg/c1-2-4-6-5-3-1;1-2;;/h1-5H;2H,1H3;1H;/q;;;+2. The molecule has 0 spiro atoms. The molecular formula is C7H10ClMgO+2. The van der Waals surface area contributed by atoms with E-state index in [4.69, 9.17) is 5.11 Å². The van der Waals surface area contributed by atoms with Crippen molar-refractivity contribution >= 4 is 37.8 Å². The van der Waals surface area contributed by atoms with Crippen LogP contribution in [-0.2, 0) is 0 Å². The second-order valence-corrected chi connectivity index (χ2v) is 2.30. The molecule has 0 heterocycles. The highest BCUT2D eigenvalue weighted by Crippen LogP contribution is 1.76. The third-order valence-corrected chi connectivity index (χ3v) is 1.31. The molecule has 10 heavy (non-hydrogen) atoms. The van der Waals surface area contributed by atoms with Gasteiger partial charge in [0.15, 0.2) is 0 Å². The summed E-state index contributed by atoms with van der Waals surface area (Å²) >= 11 is 1.90. The predicted molar refractivity (Wildman–Crippen MR) is 47.2 cm³/mol. The zero-order chi connectivity index (χ0) is 7.11. The van der Waals surface area contributed by atoms with Gasteiger partial charge in [-0.15, -0.1) is 12.4 Å². The van der Waals surface area contributed by atoms with Crippen molar-refractivity contribution in [2.45, 2.75) is 0 Å². The molecule has 0 bridgehead atoms. The van der Waals surface area contributed by atoms with Gasteiger partial charge in [-0.25, -0.2) is 0 Å². The number of benzene rings is 1. The summed E-state index contributed by atoms with van der Waals surface area (Å²) in [7, 11) is 1.00. The Morgan fingerprint density at radius 1 is 1.10 bits per heavy atom. The van der Waals surface area contributed by atoms with Crippen LogP contribution < -0.4 is 3.69 Å². The fraction of sp³-hybridized carbons (Fsp3) is 0.143. The van der Waals surface area contributed by atoms with Gasteiger partial charge in [0.05, 0.1) is 0 Å². The van der Waals surface area contributed by atoms with E-state index in [1.54, 1.807) is 0 Å². The monoisotopic (exact) mass is 169 g/mol. The van der Waals surface area contributed by atoms with Crippen molar-refractivity contribution in [2.75, 3.05) is 7.11 Å². The summed E-state index contributed by atoms with van der Waals surface area (Å²) in [6.45, 7) is 0. The van der Waals surface area contributed by atoms with Crippen LogP contribution in [0.4, 0.5) is 0 Å². The maximum Gasteiger partial charge on any atom is 1.47 e. The van der Waals surface area contributed by atoms with Crippen molar-refractivity contribution in [3.8, 4) is 0 Å². The van der Waals surface area contributed by atoms with Gasteiger partial charge in [0.25, 0.3) is 0 Å². The van der Waals surface area contributed by atoms with Crippen LogP contribution in [0.5, 0.6) is 0 Å². The van der Waals surface area contributed by atoms with E-state index < -0.39 is 0 Å². The smallest absolute Gasteiger partial charge is 0.400 e. The van der Waals surface area contributed by atoms with Gasteiger partial charge >= 0.3 is 25.4 Å². The SMILES string of the molecule is CO.Cl.[Mg+2][c]1ccccc1. The van der Waals surface area contributed by atoms with E-state index in [-0.39, 0.29) is 12.4 Å². The molecule has 0 saturated carbocycles. The third kappa shape index (κ3) is 6.36. The summed E-state index contributed by atoms with van der Waals surface area (Å²) in [5, 5.41) is 7.00. The summed E-state index contributed by atoms with van der Waals surface area (Å²) in [5.41, 5.74) is 0. The average molecular weight is 170 g/mol. The molecule has 0 unspecified atom stereocenters. The van der Waals surface area contributed by atoms with Crippen LogP contribution >= 0.6 is 12.4 Å². The maximum atomic E-state index is 7.00. The van der Waals surface area contributed by atoms with E-state index in [9.17, 15) is 0 Å². The number of hydrogen-bond donors (Lipinski definition) is 1. The average Bonchev–Trinajstić information content (AvgIpc) is 1.94. The fourth-order valence-electron chi connectivity index (χ4n) is 0.478. The van der Waals surface area contributed by atoms with Gasteiger partial charge in [0, 0.05) is 19.2 Å². The van der Waals surface area contributed by atoms with Crippen molar-refractivity contribution in [3.63, 3.8) is 0 Å². The Kier molecular flexibility index (Phi) is 11.9. The van der Waals surface area contributed by atoms with Crippen LogP contribution in [0, 0.1) is 0 Å². The van der Waals surface area contributed by atoms with Crippen molar-refractivity contribution in [3.05, 3.63) is 30.3 Å². The molecule has 0 aliphatic carbocycles. The number of hydrogen-bond acceptors (Lipinski definition) is 1. The van der Waals surface area contributed by atoms with Crippen LogP contribution in [0.15, 0.2) is 30.3 Å². The number of aliphatic hydroxyl groups excluding tert-OH is 1. The lowest BCUT2D eigenvalue weighted by Crippen LogP contribution is -1.97. The highest BCUT2D eigenvalue weighted by Gasteiger charge is 2.28. The quantitative estimate of drug-likeness (QED) is 0.562. The van der Waals surface area contributed by atoms with Gasteiger partial charge in [0.1, 0.15) is 0 Å². The predicted octanol–water partition coefficient (Wildman–Crippen LogP) is 0.511. The summed E-state index contributed by atoms with van der Waals surface area (Å²) < 4.78 is 1.35. The minimum atomic E-state index is 0. The summed E-state index contributed by atoms with van der Waals surface area (Å²) in [6, 6.07) is 10.3. The molecule has 1 N–H and O–H groups in total. The van der Waals surface area contributed by atoms with Crippen LogP contribution in [0.25, 0.3) is 0 Å². The first-order valence-electron chi connectivity index (χ1n) is 2.71. The lowest BCUT2D eigenvalue weighted by molar-refractivity contribution is 0.399. The molecule has 0 atom stereocenters. The molecule has 0 amide bonds. The van der Waals surface area contributed by atoms with Gasteiger partial charge in [-0.1, -0.05) is 18.2 Å². The van der Waals surface area contributed by atoms with E-state index in [0.29, 0.717) is 0 Å². The Balaban J connectivity index is 0. The molecule has 0 aliphatic rings. The molecule has 1 nitrogen and oxygen atoms in total. The Morgan fingerprint density at radius 3 is 1.70 bits per heavy atom. The van der Waals surface area contributed by atoms with E-state index in [2.05, 4.69) is 12.1 Å².